The smallest absolute Gasteiger partial charge is 0.246 e. The maximum absolute atomic E-state index is 13.9. The highest BCUT2D eigenvalue weighted by atomic mass is 32.1. The molecule has 5 rings (SSSR count). The van der Waals surface area contributed by atoms with Crippen molar-refractivity contribution in [3.05, 3.63) is 34.7 Å². The van der Waals surface area contributed by atoms with Crippen LogP contribution in [-0.2, 0) is 9.59 Å². The number of nitrogens with zero attached hydrogens (tertiary/aromatic N) is 3. The van der Waals surface area contributed by atoms with Crippen molar-refractivity contribution < 1.29 is 14.1 Å². The van der Waals surface area contributed by atoms with Crippen molar-refractivity contribution in [2.45, 2.75) is 70.0 Å². The molecule has 0 radical (unpaired) electrons. The molecule has 9 heteroatoms. The minimum absolute atomic E-state index is 0.0275. The minimum atomic E-state index is -0.488. The Balaban J connectivity index is 1.38. The van der Waals surface area contributed by atoms with E-state index in [2.05, 4.69) is 15.8 Å². The van der Waals surface area contributed by atoms with Gasteiger partial charge in [0.2, 0.25) is 11.8 Å². The molecular formula is C26H33N5O3S. The standard InChI is InChI=1S/C26H33N5O3S/c1-16(27-2)24(32)29-22(17-9-4-3-5-10-17)26(33)31-14-8-12-20(31)25-28-19(15-35-25)23-18-11-6-7-13-21(18)34-30-23/h6-7,11,13,15-17,20,22,27H,3-5,8-10,12,14H2,1-2H3,(H,29,32)/t16-,20?,22-/m0/s1. The minimum Gasteiger partial charge on any atom is -0.356 e. The summed E-state index contributed by atoms with van der Waals surface area (Å²) >= 11 is 1.56. The first-order valence-corrected chi connectivity index (χ1v) is 13.5. The highest BCUT2D eigenvalue weighted by molar-refractivity contribution is 7.10. The number of likely N-dealkylation sites (N-methyl/N-ethyl adjacent to an activating group) is 1. The van der Waals surface area contributed by atoms with Crippen molar-refractivity contribution in [3.63, 3.8) is 0 Å². The largest absolute Gasteiger partial charge is 0.356 e. The molecule has 1 aliphatic heterocycles. The van der Waals surface area contributed by atoms with E-state index >= 15 is 0 Å². The summed E-state index contributed by atoms with van der Waals surface area (Å²) in [6.07, 6.45) is 7.16. The first kappa shape index (κ1) is 23.9. The van der Waals surface area contributed by atoms with Crippen LogP contribution in [0.2, 0.25) is 0 Å². The van der Waals surface area contributed by atoms with Crippen LogP contribution in [0.15, 0.2) is 34.2 Å². The Bertz CT molecular complexity index is 1180. The maximum Gasteiger partial charge on any atom is 0.246 e. The molecule has 1 saturated carbocycles. The zero-order valence-corrected chi connectivity index (χ0v) is 21.1. The fourth-order valence-electron chi connectivity index (χ4n) is 5.34. The number of thiazole rings is 1. The van der Waals surface area contributed by atoms with Gasteiger partial charge in [-0.15, -0.1) is 11.3 Å². The molecule has 0 bridgehead atoms. The lowest BCUT2D eigenvalue weighted by Crippen LogP contribution is -2.55. The van der Waals surface area contributed by atoms with Gasteiger partial charge in [0.05, 0.1) is 17.5 Å². The monoisotopic (exact) mass is 495 g/mol. The van der Waals surface area contributed by atoms with Gasteiger partial charge in [-0.3, -0.25) is 9.59 Å². The molecule has 186 valence electrons. The van der Waals surface area contributed by atoms with E-state index in [1.807, 2.05) is 41.5 Å². The van der Waals surface area contributed by atoms with Crippen molar-refractivity contribution in [2.75, 3.05) is 13.6 Å². The molecule has 1 aromatic carbocycles. The van der Waals surface area contributed by atoms with Gasteiger partial charge in [0, 0.05) is 11.9 Å². The Morgan fingerprint density at radius 3 is 2.74 bits per heavy atom. The van der Waals surface area contributed by atoms with E-state index in [1.165, 1.54) is 6.42 Å². The zero-order chi connectivity index (χ0) is 24.4. The molecule has 0 spiro atoms. The summed E-state index contributed by atoms with van der Waals surface area (Å²) in [6, 6.07) is 6.84. The van der Waals surface area contributed by atoms with E-state index in [1.54, 1.807) is 18.4 Å². The molecule has 1 unspecified atom stereocenters. The summed E-state index contributed by atoms with van der Waals surface area (Å²) < 4.78 is 5.47. The van der Waals surface area contributed by atoms with Gasteiger partial charge in [-0.1, -0.05) is 36.6 Å². The molecular weight excluding hydrogens is 462 g/mol. The Labute approximate surface area is 209 Å². The third-order valence-electron chi connectivity index (χ3n) is 7.47. The summed E-state index contributed by atoms with van der Waals surface area (Å²) in [4.78, 5) is 33.5. The van der Waals surface area contributed by atoms with Gasteiger partial charge in [0.15, 0.2) is 5.58 Å². The second kappa shape index (κ2) is 10.5. The molecule has 1 saturated heterocycles. The molecule has 35 heavy (non-hydrogen) atoms. The number of amides is 2. The number of nitrogens with one attached hydrogen (secondary N) is 2. The van der Waals surface area contributed by atoms with Crippen LogP contribution in [0.3, 0.4) is 0 Å². The number of para-hydroxylation sites is 1. The number of aromatic nitrogens is 2. The molecule has 2 fully saturated rings. The SMILES string of the molecule is CN[C@@H](C)C(=O)N[C@H](C(=O)N1CCCC1c1nc(-c2noc3ccccc23)cs1)C1CCCCC1. The molecule has 3 atom stereocenters. The van der Waals surface area contributed by atoms with Gasteiger partial charge >= 0.3 is 0 Å². The Morgan fingerprint density at radius 1 is 1.14 bits per heavy atom. The highest BCUT2D eigenvalue weighted by Gasteiger charge is 2.40. The Hall–Kier alpha value is -2.78. The summed E-state index contributed by atoms with van der Waals surface area (Å²) in [5.41, 5.74) is 2.23. The third-order valence-corrected chi connectivity index (χ3v) is 8.42. The lowest BCUT2D eigenvalue weighted by molar-refractivity contribution is -0.139. The van der Waals surface area contributed by atoms with Crippen LogP contribution in [-0.4, -0.2) is 52.5 Å². The number of carbonyl (C=O) groups excluding carboxylic acids is 2. The third kappa shape index (κ3) is 4.84. The molecule has 2 aromatic heterocycles. The van der Waals surface area contributed by atoms with Gasteiger partial charge in [0.1, 0.15) is 22.4 Å². The van der Waals surface area contributed by atoms with Crippen molar-refractivity contribution in [1.29, 1.82) is 0 Å². The Morgan fingerprint density at radius 2 is 1.94 bits per heavy atom. The fourth-order valence-corrected chi connectivity index (χ4v) is 6.29. The lowest BCUT2D eigenvalue weighted by Gasteiger charge is -2.35. The molecule has 2 aliphatic rings. The molecule has 3 aromatic rings. The first-order valence-electron chi connectivity index (χ1n) is 12.6. The maximum atomic E-state index is 13.9. The number of hydrogen-bond donors (Lipinski definition) is 2. The van der Waals surface area contributed by atoms with Crippen molar-refractivity contribution >= 4 is 34.1 Å². The van der Waals surface area contributed by atoms with Crippen LogP contribution in [0.1, 0.15) is 62.9 Å². The normalized spacial score (nSPS) is 20.7. The first-order chi connectivity index (χ1) is 17.1. The molecule has 1 aliphatic carbocycles. The number of rotatable bonds is 7. The highest BCUT2D eigenvalue weighted by Crippen LogP contribution is 2.38. The average Bonchev–Trinajstić information content (AvgIpc) is 3.65. The van der Waals surface area contributed by atoms with E-state index in [0.717, 1.165) is 65.9 Å². The van der Waals surface area contributed by atoms with Crippen LogP contribution >= 0.6 is 11.3 Å². The Kier molecular flexibility index (Phi) is 7.15. The van der Waals surface area contributed by atoms with Crippen LogP contribution < -0.4 is 10.6 Å². The van der Waals surface area contributed by atoms with Gasteiger partial charge in [-0.25, -0.2) is 4.98 Å². The predicted octanol–water partition coefficient (Wildman–Crippen LogP) is 4.29. The van der Waals surface area contributed by atoms with Crippen molar-refractivity contribution in [3.8, 4) is 11.4 Å². The molecule has 3 heterocycles. The summed E-state index contributed by atoms with van der Waals surface area (Å²) in [5, 5.41) is 14.2. The number of hydrogen-bond acceptors (Lipinski definition) is 7. The molecule has 8 nitrogen and oxygen atoms in total. The lowest BCUT2D eigenvalue weighted by atomic mass is 9.83. The second-order valence-corrected chi connectivity index (χ2v) is 10.6. The topological polar surface area (TPSA) is 100 Å². The number of carbonyl (C=O) groups is 2. The summed E-state index contributed by atoms with van der Waals surface area (Å²) in [5.74, 6) is 0.0835. The van der Waals surface area contributed by atoms with Crippen LogP contribution in [0.5, 0.6) is 0 Å². The van der Waals surface area contributed by atoms with E-state index in [9.17, 15) is 9.59 Å². The number of benzene rings is 1. The molecule has 2 N–H and O–H groups in total. The van der Waals surface area contributed by atoms with Crippen LogP contribution in [0.4, 0.5) is 0 Å². The van der Waals surface area contributed by atoms with E-state index in [4.69, 9.17) is 9.51 Å². The van der Waals surface area contributed by atoms with Gasteiger partial charge in [-0.05, 0) is 57.7 Å². The number of fused-ring (bicyclic) bond motifs is 1. The van der Waals surface area contributed by atoms with Gasteiger partial charge < -0.3 is 20.1 Å². The predicted molar refractivity (Wildman–Crippen MR) is 136 cm³/mol. The van der Waals surface area contributed by atoms with Crippen LogP contribution in [0.25, 0.3) is 22.4 Å². The van der Waals surface area contributed by atoms with E-state index in [0.29, 0.717) is 6.54 Å². The van der Waals surface area contributed by atoms with Crippen molar-refractivity contribution in [1.82, 2.24) is 25.7 Å². The second-order valence-electron chi connectivity index (χ2n) is 9.68. The van der Waals surface area contributed by atoms with Crippen LogP contribution in [0, 0.1) is 5.92 Å². The van der Waals surface area contributed by atoms with E-state index in [-0.39, 0.29) is 29.8 Å². The summed E-state index contributed by atoms with van der Waals surface area (Å²) in [6.45, 7) is 2.51. The zero-order valence-electron chi connectivity index (χ0n) is 20.3. The fraction of sp³-hybridized carbons (Fsp3) is 0.538. The van der Waals surface area contributed by atoms with Gasteiger partial charge in [-0.2, -0.15) is 0 Å². The molecule has 2 amide bonds. The van der Waals surface area contributed by atoms with Gasteiger partial charge in [0.25, 0.3) is 0 Å². The average molecular weight is 496 g/mol. The van der Waals surface area contributed by atoms with E-state index < -0.39 is 6.04 Å². The summed E-state index contributed by atoms with van der Waals surface area (Å²) in [7, 11) is 1.76. The quantitative estimate of drug-likeness (QED) is 0.507. The number of likely N-dealkylation sites (tertiary alicyclic amines) is 1. The van der Waals surface area contributed by atoms with Crippen molar-refractivity contribution in [2.24, 2.45) is 5.92 Å².